The zero-order chi connectivity index (χ0) is 21.3. The number of benzene rings is 1. The Kier molecular flexibility index (Phi) is 9.79. The number of nitrogens with one attached hydrogen (secondary N) is 1. The molecule has 2 atom stereocenters. The van der Waals surface area contributed by atoms with Crippen LogP contribution >= 0.6 is 11.6 Å². The van der Waals surface area contributed by atoms with Gasteiger partial charge in [-0.3, -0.25) is 9.59 Å². The molecule has 8 heteroatoms. The molecule has 0 radical (unpaired) electrons. The van der Waals surface area contributed by atoms with Crippen molar-refractivity contribution in [1.82, 2.24) is 5.32 Å². The lowest BCUT2D eigenvalue weighted by Crippen LogP contribution is -2.36. The Morgan fingerprint density at radius 3 is 2.14 bits per heavy atom. The van der Waals surface area contributed by atoms with Crippen LogP contribution in [0.3, 0.4) is 0 Å². The molecule has 156 valence electrons. The number of carbonyl (C=O) groups is 3. The standard InChI is InChI=1S/C20H28ClNO6/c1-12(2)9-18(25)27-19(13(3)4)28-20(26)22-11-15(10-17(23)24)14-5-7-16(21)8-6-14/h5-8,12-13,15,19H,9-11H2,1-4H3,(H,22,26)(H,23,24)/t15-,19+/m0/s1. The van der Waals surface area contributed by atoms with Gasteiger partial charge in [-0.15, -0.1) is 0 Å². The highest BCUT2D eigenvalue weighted by Gasteiger charge is 2.24. The van der Waals surface area contributed by atoms with Gasteiger partial charge in [-0.25, -0.2) is 4.79 Å². The highest BCUT2D eigenvalue weighted by Crippen LogP contribution is 2.21. The summed E-state index contributed by atoms with van der Waals surface area (Å²) in [5.74, 6) is -1.98. The van der Waals surface area contributed by atoms with Crippen molar-refractivity contribution in [2.75, 3.05) is 6.54 Å². The number of hydrogen-bond donors (Lipinski definition) is 2. The fraction of sp³-hybridized carbons (Fsp3) is 0.550. The van der Waals surface area contributed by atoms with Crippen LogP contribution in [-0.2, 0) is 19.1 Å². The van der Waals surface area contributed by atoms with Crippen LogP contribution in [0.15, 0.2) is 24.3 Å². The van der Waals surface area contributed by atoms with Gasteiger partial charge in [0, 0.05) is 29.8 Å². The van der Waals surface area contributed by atoms with Crippen molar-refractivity contribution in [1.29, 1.82) is 0 Å². The number of halogens is 1. The molecule has 0 aliphatic carbocycles. The Labute approximate surface area is 170 Å². The van der Waals surface area contributed by atoms with E-state index in [1.807, 2.05) is 13.8 Å². The number of carboxylic acids is 1. The summed E-state index contributed by atoms with van der Waals surface area (Å²) in [6.45, 7) is 7.36. The third kappa shape index (κ3) is 9.08. The number of amides is 1. The number of esters is 1. The summed E-state index contributed by atoms with van der Waals surface area (Å²) in [5.41, 5.74) is 0.732. The van der Waals surface area contributed by atoms with E-state index < -0.39 is 30.2 Å². The first-order valence-corrected chi connectivity index (χ1v) is 9.57. The van der Waals surface area contributed by atoms with Crippen LogP contribution in [0.1, 0.15) is 52.0 Å². The average molecular weight is 414 g/mol. The van der Waals surface area contributed by atoms with Crippen molar-refractivity contribution in [3.8, 4) is 0 Å². The van der Waals surface area contributed by atoms with Crippen molar-refractivity contribution in [2.45, 2.75) is 52.7 Å². The molecule has 2 N–H and O–H groups in total. The van der Waals surface area contributed by atoms with Crippen LogP contribution in [0.2, 0.25) is 5.02 Å². The largest absolute Gasteiger partial charge is 0.481 e. The molecule has 0 aliphatic heterocycles. The van der Waals surface area contributed by atoms with E-state index in [4.69, 9.17) is 26.2 Å². The molecule has 0 aromatic heterocycles. The molecule has 28 heavy (non-hydrogen) atoms. The maximum absolute atomic E-state index is 12.1. The second-order valence-electron chi connectivity index (χ2n) is 7.33. The predicted molar refractivity (Wildman–Crippen MR) is 105 cm³/mol. The Bertz CT molecular complexity index is 659. The SMILES string of the molecule is CC(C)CC(=O)O[C@H](OC(=O)NC[C@H](CC(=O)O)c1ccc(Cl)cc1)C(C)C. The molecule has 0 spiro atoms. The van der Waals surface area contributed by atoms with E-state index in [9.17, 15) is 14.4 Å². The van der Waals surface area contributed by atoms with E-state index in [0.717, 1.165) is 5.56 Å². The van der Waals surface area contributed by atoms with Crippen LogP contribution in [0.4, 0.5) is 4.79 Å². The molecule has 0 saturated carbocycles. The van der Waals surface area contributed by atoms with Gasteiger partial charge in [-0.05, 0) is 23.6 Å². The summed E-state index contributed by atoms with van der Waals surface area (Å²) in [6.07, 6.45) is -1.73. The second kappa shape index (κ2) is 11.5. The number of hydrogen-bond acceptors (Lipinski definition) is 5. The van der Waals surface area contributed by atoms with Gasteiger partial charge >= 0.3 is 18.0 Å². The molecular weight excluding hydrogens is 386 g/mol. The first-order valence-electron chi connectivity index (χ1n) is 9.19. The van der Waals surface area contributed by atoms with Gasteiger partial charge in [0.1, 0.15) is 0 Å². The molecule has 7 nitrogen and oxygen atoms in total. The molecule has 1 aromatic carbocycles. The zero-order valence-electron chi connectivity index (χ0n) is 16.6. The van der Waals surface area contributed by atoms with Crippen molar-refractivity contribution in [3.63, 3.8) is 0 Å². The fourth-order valence-electron chi connectivity index (χ4n) is 2.41. The normalized spacial score (nSPS) is 13.1. The lowest BCUT2D eigenvalue weighted by atomic mass is 9.96. The number of alkyl carbamates (subject to hydrolysis) is 1. The molecule has 1 aromatic rings. The molecular formula is C20H28ClNO6. The lowest BCUT2D eigenvalue weighted by molar-refractivity contribution is -0.175. The van der Waals surface area contributed by atoms with Gasteiger partial charge in [0.05, 0.1) is 6.42 Å². The van der Waals surface area contributed by atoms with E-state index in [-0.39, 0.29) is 31.2 Å². The maximum Gasteiger partial charge on any atom is 0.410 e. The summed E-state index contributed by atoms with van der Waals surface area (Å²) in [5, 5.41) is 12.2. The molecule has 0 unspecified atom stereocenters. The minimum atomic E-state index is -1.01. The van der Waals surface area contributed by atoms with Crippen LogP contribution in [-0.4, -0.2) is 36.0 Å². The van der Waals surface area contributed by atoms with Crippen molar-refractivity contribution in [3.05, 3.63) is 34.9 Å². The molecule has 0 fully saturated rings. The number of ether oxygens (including phenoxy) is 2. The fourth-order valence-corrected chi connectivity index (χ4v) is 2.54. The molecule has 0 heterocycles. The van der Waals surface area contributed by atoms with Gasteiger partial charge in [-0.2, -0.15) is 0 Å². The van der Waals surface area contributed by atoms with Crippen LogP contribution < -0.4 is 5.32 Å². The van der Waals surface area contributed by atoms with Crippen LogP contribution in [0.5, 0.6) is 0 Å². The third-order valence-electron chi connectivity index (χ3n) is 3.85. The third-order valence-corrected chi connectivity index (χ3v) is 4.10. The van der Waals surface area contributed by atoms with E-state index in [0.29, 0.717) is 5.02 Å². The lowest BCUT2D eigenvalue weighted by Gasteiger charge is -2.23. The van der Waals surface area contributed by atoms with E-state index in [1.165, 1.54) is 0 Å². The van der Waals surface area contributed by atoms with Gasteiger partial charge in [0.2, 0.25) is 0 Å². The minimum Gasteiger partial charge on any atom is -0.481 e. The minimum absolute atomic E-state index is 0.0531. The first kappa shape index (κ1) is 23.8. The number of aliphatic carboxylic acids is 1. The smallest absolute Gasteiger partial charge is 0.410 e. The monoisotopic (exact) mass is 413 g/mol. The van der Waals surface area contributed by atoms with Gasteiger partial charge < -0.3 is 19.9 Å². The van der Waals surface area contributed by atoms with E-state index in [2.05, 4.69) is 5.32 Å². The molecule has 1 rings (SSSR count). The first-order chi connectivity index (χ1) is 13.1. The summed E-state index contributed by atoms with van der Waals surface area (Å²) in [6, 6.07) is 6.75. The van der Waals surface area contributed by atoms with Gasteiger partial charge in [0.25, 0.3) is 6.29 Å². The predicted octanol–water partition coefficient (Wildman–Crippen LogP) is 4.20. The summed E-state index contributed by atoms with van der Waals surface area (Å²) in [7, 11) is 0. The summed E-state index contributed by atoms with van der Waals surface area (Å²) in [4.78, 5) is 35.1. The Morgan fingerprint density at radius 1 is 1.04 bits per heavy atom. The Balaban J connectivity index is 2.67. The highest BCUT2D eigenvalue weighted by atomic mass is 35.5. The van der Waals surface area contributed by atoms with E-state index in [1.54, 1.807) is 38.1 Å². The van der Waals surface area contributed by atoms with Gasteiger partial charge in [-0.1, -0.05) is 51.4 Å². The van der Waals surface area contributed by atoms with Gasteiger partial charge in [0.15, 0.2) is 0 Å². The summed E-state index contributed by atoms with van der Waals surface area (Å²) >= 11 is 5.86. The zero-order valence-corrected chi connectivity index (χ0v) is 17.4. The molecule has 0 saturated heterocycles. The maximum atomic E-state index is 12.1. The van der Waals surface area contributed by atoms with Crippen LogP contribution in [0, 0.1) is 11.8 Å². The highest BCUT2D eigenvalue weighted by molar-refractivity contribution is 6.30. The molecule has 1 amide bonds. The second-order valence-corrected chi connectivity index (χ2v) is 7.77. The number of carboxylic acid groups (broad SMARTS) is 1. The summed E-state index contributed by atoms with van der Waals surface area (Å²) < 4.78 is 10.4. The number of rotatable bonds is 10. The Morgan fingerprint density at radius 2 is 1.64 bits per heavy atom. The van der Waals surface area contributed by atoms with Crippen molar-refractivity contribution in [2.24, 2.45) is 11.8 Å². The van der Waals surface area contributed by atoms with E-state index >= 15 is 0 Å². The van der Waals surface area contributed by atoms with Crippen molar-refractivity contribution >= 4 is 29.6 Å². The average Bonchev–Trinajstić information content (AvgIpc) is 2.57. The van der Waals surface area contributed by atoms with Crippen molar-refractivity contribution < 1.29 is 29.0 Å². The topological polar surface area (TPSA) is 102 Å². The quantitative estimate of drug-likeness (QED) is 0.440. The van der Waals surface area contributed by atoms with Crippen LogP contribution in [0.25, 0.3) is 0 Å². The molecule has 0 bridgehead atoms. The number of carbonyl (C=O) groups excluding carboxylic acids is 2. The Hall–Kier alpha value is -2.28. The molecule has 0 aliphatic rings.